The number of pyridine rings is 2. The van der Waals surface area contributed by atoms with E-state index in [2.05, 4.69) is 20.3 Å². The number of ether oxygens (including phenoxy) is 1. The lowest BCUT2D eigenvalue weighted by atomic mass is 10.0. The van der Waals surface area contributed by atoms with Crippen molar-refractivity contribution in [3.05, 3.63) is 59.1 Å². The van der Waals surface area contributed by atoms with Crippen LogP contribution in [0, 0.1) is 6.92 Å². The number of fused-ring (bicyclic) bond motifs is 1. The second-order valence-electron chi connectivity index (χ2n) is 6.20. The molecular weight excluding hydrogens is 412 g/mol. The van der Waals surface area contributed by atoms with E-state index in [0.29, 0.717) is 33.1 Å². The van der Waals surface area contributed by atoms with E-state index in [-0.39, 0.29) is 16.8 Å². The van der Waals surface area contributed by atoms with E-state index in [9.17, 15) is 9.90 Å². The van der Waals surface area contributed by atoms with Gasteiger partial charge in [0.2, 0.25) is 0 Å². The molecule has 2 N–H and O–H groups in total. The predicted molar refractivity (Wildman–Crippen MR) is 113 cm³/mol. The highest BCUT2D eigenvalue weighted by Crippen LogP contribution is 2.35. The van der Waals surface area contributed by atoms with E-state index in [1.165, 1.54) is 30.8 Å². The summed E-state index contributed by atoms with van der Waals surface area (Å²) in [4.78, 5) is 25.7. The van der Waals surface area contributed by atoms with Gasteiger partial charge in [-0.25, -0.2) is 9.97 Å². The van der Waals surface area contributed by atoms with E-state index in [0.717, 1.165) is 10.4 Å². The molecule has 7 nitrogen and oxygen atoms in total. The zero-order valence-corrected chi connectivity index (χ0v) is 17.0. The predicted octanol–water partition coefficient (Wildman–Crippen LogP) is 4.68. The summed E-state index contributed by atoms with van der Waals surface area (Å²) in [6.45, 7) is 1.83. The number of carbonyl (C=O) groups is 1. The number of halogens is 1. The molecule has 4 rings (SSSR count). The van der Waals surface area contributed by atoms with Gasteiger partial charge in [0.05, 0.1) is 29.1 Å². The summed E-state index contributed by atoms with van der Waals surface area (Å²) in [6.07, 6.45) is 3.02. The van der Waals surface area contributed by atoms with E-state index < -0.39 is 0 Å². The number of amides is 1. The van der Waals surface area contributed by atoms with Crippen LogP contribution in [0.3, 0.4) is 0 Å². The highest BCUT2D eigenvalue weighted by Gasteiger charge is 2.19. The Bertz CT molecular complexity index is 1240. The number of nitrogens with one attached hydrogen (secondary N) is 1. The molecule has 0 aliphatic heterocycles. The third-order valence-electron chi connectivity index (χ3n) is 4.22. The van der Waals surface area contributed by atoms with Crippen LogP contribution >= 0.6 is 22.9 Å². The van der Waals surface area contributed by atoms with Crippen molar-refractivity contribution in [2.75, 3.05) is 12.4 Å². The molecule has 1 aromatic carbocycles. The standard InChI is InChI=1S/C20H15ClN4O3S/c1-10-5-12(13-7-18(21)23-9-16(13)28-2)14(8-22-10)19(27)25-20-24-15-6-11(26)3-4-17(15)29-20/h3-9,26H,1-2H3,(H,24,25,27). The number of hydrogen-bond donors (Lipinski definition) is 2. The minimum atomic E-state index is -0.370. The van der Waals surface area contributed by atoms with E-state index in [4.69, 9.17) is 16.3 Å². The second-order valence-corrected chi connectivity index (χ2v) is 7.62. The Balaban J connectivity index is 1.75. The van der Waals surface area contributed by atoms with Crippen molar-refractivity contribution in [1.29, 1.82) is 0 Å². The molecule has 1 amide bonds. The van der Waals surface area contributed by atoms with Crippen LogP contribution < -0.4 is 10.1 Å². The number of carbonyl (C=O) groups excluding carboxylic acids is 1. The van der Waals surface area contributed by atoms with Crippen molar-refractivity contribution >= 4 is 44.2 Å². The minimum Gasteiger partial charge on any atom is -0.508 e. The molecule has 9 heteroatoms. The first kappa shape index (κ1) is 19.1. The van der Waals surface area contributed by atoms with Gasteiger partial charge in [0, 0.05) is 29.1 Å². The Labute approximate surface area is 175 Å². The Morgan fingerprint density at radius 3 is 2.79 bits per heavy atom. The van der Waals surface area contributed by atoms with Crippen LogP contribution in [-0.4, -0.2) is 33.1 Å². The first-order valence-corrected chi connectivity index (χ1v) is 9.71. The fraction of sp³-hybridized carbons (Fsp3) is 0.100. The van der Waals surface area contributed by atoms with Crippen LogP contribution in [0.5, 0.6) is 11.5 Å². The Morgan fingerprint density at radius 1 is 1.17 bits per heavy atom. The summed E-state index contributed by atoms with van der Waals surface area (Å²) in [5.41, 5.74) is 2.95. The molecule has 3 heterocycles. The molecule has 0 fully saturated rings. The van der Waals surface area contributed by atoms with Crippen molar-refractivity contribution in [2.24, 2.45) is 0 Å². The van der Waals surface area contributed by atoms with E-state index in [1.807, 2.05) is 6.92 Å². The number of methoxy groups -OCH3 is 1. The van der Waals surface area contributed by atoms with Gasteiger partial charge < -0.3 is 9.84 Å². The molecule has 0 aliphatic rings. The molecule has 3 aromatic heterocycles. The van der Waals surface area contributed by atoms with Gasteiger partial charge >= 0.3 is 0 Å². The first-order valence-electron chi connectivity index (χ1n) is 8.52. The molecule has 146 valence electrons. The maximum Gasteiger partial charge on any atom is 0.259 e. The van der Waals surface area contributed by atoms with Crippen molar-refractivity contribution in [1.82, 2.24) is 15.0 Å². The second kappa shape index (κ2) is 7.65. The van der Waals surface area contributed by atoms with Crippen molar-refractivity contribution in [3.8, 4) is 22.6 Å². The SMILES string of the molecule is COc1cnc(Cl)cc1-c1cc(C)ncc1C(=O)Nc1nc2cc(O)ccc2s1. The van der Waals surface area contributed by atoms with E-state index >= 15 is 0 Å². The molecule has 29 heavy (non-hydrogen) atoms. The molecule has 0 unspecified atom stereocenters. The van der Waals surface area contributed by atoms with Gasteiger partial charge in [-0.3, -0.25) is 15.1 Å². The number of aryl methyl sites for hydroxylation is 1. The monoisotopic (exact) mass is 426 g/mol. The number of aromatic hydroxyl groups is 1. The average molecular weight is 427 g/mol. The third kappa shape index (κ3) is 3.85. The van der Waals surface area contributed by atoms with Gasteiger partial charge in [-0.05, 0) is 31.2 Å². The van der Waals surface area contributed by atoms with Gasteiger partial charge in [-0.2, -0.15) is 0 Å². The lowest BCUT2D eigenvalue weighted by Crippen LogP contribution is -2.14. The quantitative estimate of drug-likeness (QED) is 0.460. The summed E-state index contributed by atoms with van der Waals surface area (Å²) >= 11 is 7.38. The van der Waals surface area contributed by atoms with Crippen LogP contribution in [0.15, 0.2) is 42.7 Å². The van der Waals surface area contributed by atoms with Crippen LogP contribution in [0.4, 0.5) is 5.13 Å². The number of thiazole rings is 1. The molecule has 4 aromatic rings. The fourth-order valence-corrected chi connectivity index (χ4v) is 3.89. The lowest BCUT2D eigenvalue weighted by molar-refractivity contribution is 0.102. The summed E-state index contributed by atoms with van der Waals surface area (Å²) in [5, 5.41) is 13.1. The number of phenols is 1. The normalized spacial score (nSPS) is 10.9. The number of anilines is 1. The highest BCUT2D eigenvalue weighted by atomic mass is 35.5. The minimum absolute atomic E-state index is 0.118. The molecule has 0 atom stereocenters. The van der Waals surface area contributed by atoms with Gasteiger partial charge in [-0.15, -0.1) is 0 Å². The number of benzene rings is 1. The molecule has 0 saturated heterocycles. The highest BCUT2D eigenvalue weighted by molar-refractivity contribution is 7.22. The third-order valence-corrected chi connectivity index (χ3v) is 5.38. The number of rotatable bonds is 4. The van der Waals surface area contributed by atoms with E-state index in [1.54, 1.807) is 30.3 Å². The first-order chi connectivity index (χ1) is 13.9. The van der Waals surface area contributed by atoms with Gasteiger partial charge in [0.1, 0.15) is 16.7 Å². The lowest BCUT2D eigenvalue weighted by Gasteiger charge is -2.13. The molecular formula is C20H15ClN4O3S. The molecule has 0 radical (unpaired) electrons. The number of aromatic nitrogens is 3. The fourth-order valence-electron chi connectivity index (χ4n) is 2.89. The van der Waals surface area contributed by atoms with Crippen molar-refractivity contribution in [3.63, 3.8) is 0 Å². The smallest absolute Gasteiger partial charge is 0.259 e. The molecule has 0 bridgehead atoms. The Morgan fingerprint density at radius 2 is 2.00 bits per heavy atom. The number of nitrogens with zero attached hydrogens (tertiary/aromatic N) is 3. The van der Waals surface area contributed by atoms with Gasteiger partial charge in [-0.1, -0.05) is 22.9 Å². The molecule has 0 saturated carbocycles. The van der Waals surface area contributed by atoms with Crippen LogP contribution in [0.25, 0.3) is 21.3 Å². The van der Waals surface area contributed by atoms with Gasteiger partial charge in [0.25, 0.3) is 5.91 Å². The van der Waals surface area contributed by atoms with Crippen LogP contribution in [-0.2, 0) is 0 Å². The van der Waals surface area contributed by atoms with Crippen LogP contribution in [0.1, 0.15) is 16.1 Å². The topological polar surface area (TPSA) is 97.2 Å². The molecule has 0 spiro atoms. The maximum atomic E-state index is 13.0. The van der Waals surface area contributed by atoms with Crippen LogP contribution in [0.2, 0.25) is 5.15 Å². The van der Waals surface area contributed by atoms with Gasteiger partial charge in [0.15, 0.2) is 5.13 Å². The Kier molecular flexibility index (Phi) is 5.04. The number of hydrogen-bond acceptors (Lipinski definition) is 7. The zero-order chi connectivity index (χ0) is 20.5. The summed E-state index contributed by atoms with van der Waals surface area (Å²) in [5.74, 6) is 0.239. The largest absolute Gasteiger partial charge is 0.508 e. The van der Waals surface area contributed by atoms with Crippen molar-refractivity contribution < 1.29 is 14.6 Å². The average Bonchev–Trinajstić information content (AvgIpc) is 3.09. The summed E-state index contributed by atoms with van der Waals surface area (Å²) in [6, 6.07) is 8.31. The Hall–Kier alpha value is -3.23. The maximum absolute atomic E-state index is 13.0. The summed E-state index contributed by atoms with van der Waals surface area (Å²) < 4.78 is 6.24. The zero-order valence-electron chi connectivity index (χ0n) is 15.4. The molecule has 0 aliphatic carbocycles. The van der Waals surface area contributed by atoms with Crippen molar-refractivity contribution in [2.45, 2.75) is 6.92 Å². The summed E-state index contributed by atoms with van der Waals surface area (Å²) in [7, 11) is 1.53. The number of phenolic OH excluding ortho intramolecular Hbond substituents is 1.